The first-order valence-electron chi connectivity index (χ1n) is 9.33. The molecule has 5 unspecified atom stereocenters. The Morgan fingerprint density at radius 3 is 2.36 bits per heavy atom. The van der Waals surface area contributed by atoms with Crippen molar-refractivity contribution in [3.05, 3.63) is 0 Å². The van der Waals surface area contributed by atoms with Gasteiger partial charge >= 0.3 is 0 Å². The Balaban J connectivity index is 2.11. The summed E-state index contributed by atoms with van der Waals surface area (Å²) in [6.45, 7) is 8.46. The lowest BCUT2D eigenvalue weighted by Crippen LogP contribution is -2.51. The van der Waals surface area contributed by atoms with Gasteiger partial charge in [-0.2, -0.15) is 0 Å². The van der Waals surface area contributed by atoms with E-state index in [1.165, 1.54) is 0 Å². The standard InChI is InChI=1S/C18H32N4O3/c1-5-11(4)15(20)18(25)22-9-14(23)16-13(22)6-7-21(16)17(24)12(19)8-10(2)3/h10-13,15-16H,5-9,19-20H2,1-4H3. The van der Waals surface area contributed by atoms with Crippen molar-refractivity contribution >= 4 is 17.6 Å². The molecule has 25 heavy (non-hydrogen) atoms. The monoisotopic (exact) mass is 352 g/mol. The second-order valence-corrected chi connectivity index (χ2v) is 7.91. The number of carbonyl (C=O) groups excluding carboxylic acids is 3. The lowest BCUT2D eigenvalue weighted by atomic mass is 9.98. The number of rotatable bonds is 6. The third kappa shape index (κ3) is 3.87. The highest BCUT2D eigenvalue weighted by Crippen LogP contribution is 2.31. The molecule has 0 aromatic rings. The van der Waals surface area contributed by atoms with Gasteiger partial charge in [0.2, 0.25) is 11.8 Å². The molecule has 4 N–H and O–H groups in total. The summed E-state index contributed by atoms with van der Waals surface area (Å²) in [4.78, 5) is 41.1. The molecule has 2 fully saturated rings. The van der Waals surface area contributed by atoms with Crippen LogP contribution in [-0.2, 0) is 14.4 Å². The summed E-state index contributed by atoms with van der Waals surface area (Å²) in [6, 6.07) is -2.02. The largest absolute Gasteiger partial charge is 0.329 e. The topological polar surface area (TPSA) is 110 Å². The van der Waals surface area contributed by atoms with Gasteiger partial charge < -0.3 is 21.3 Å². The smallest absolute Gasteiger partial charge is 0.240 e. The van der Waals surface area contributed by atoms with Gasteiger partial charge in [-0.1, -0.05) is 34.1 Å². The van der Waals surface area contributed by atoms with Crippen LogP contribution in [0.4, 0.5) is 0 Å². The highest BCUT2D eigenvalue weighted by molar-refractivity contribution is 5.99. The molecule has 0 aromatic heterocycles. The van der Waals surface area contributed by atoms with Crippen molar-refractivity contribution in [2.24, 2.45) is 23.3 Å². The van der Waals surface area contributed by atoms with Gasteiger partial charge in [-0.05, 0) is 24.7 Å². The number of likely N-dealkylation sites (tertiary alicyclic amines) is 2. The van der Waals surface area contributed by atoms with Crippen LogP contribution in [0.2, 0.25) is 0 Å². The van der Waals surface area contributed by atoms with Gasteiger partial charge in [-0.3, -0.25) is 14.4 Å². The molecule has 7 nitrogen and oxygen atoms in total. The number of amides is 2. The number of hydrogen-bond acceptors (Lipinski definition) is 5. The van der Waals surface area contributed by atoms with Crippen molar-refractivity contribution in [3.63, 3.8) is 0 Å². The lowest BCUT2D eigenvalue weighted by molar-refractivity contribution is -0.137. The van der Waals surface area contributed by atoms with Crippen LogP contribution >= 0.6 is 0 Å². The quantitative estimate of drug-likeness (QED) is 0.705. The minimum Gasteiger partial charge on any atom is -0.329 e. The van der Waals surface area contributed by atoms with Gasteiger partial charge in [-0.15, -0.1) is 0 Å². The summed E-state index contributed by atoms with van der Waals surface area (Å²) in [6.07, 6.45) is 2.00. The number of nitrogens with two attached hydrogens (primary N) is 2. The van der Waals surface area contributed by atoms with Gasteiger partial charge in [-0.25, -0.2) is 0 Å². The summed E-state index contributed by atoms with van der Waals surface area (Å²) in [5.74, 6) is -0.0909. The molecular formula is C18H32N4O3. The highest BCUT2D eigenvalue weighted by atomic mass is 16.2. The predicted molar refractivity (Wildman–Crippen MR) is 95.5 cm³/mol. The van der Waals surface area contributed by atoms with Gasteiger partial charge in [0.15, 0.2) is 5.78 Å². The van der Waals surface area contributed by atoms with E-state index in [1.54, 1.807) is 9.80 Å². The predicted octanol–water partition coefficient (Wildman–Crippen LogP) is 0.114. The first-order valence-corrected chi connectivity index (χ1v) is 9.33. The van der Waals surface area contributed by atoms with E-state index in [-0.39, 0.29) is 36.1 Å². The number of nitrogens with zero attached hydrogens (tertiary/aromatic N) is 2. The van der Waals surface area contributed by atoms with E-state index in [1.807, 2.05) is 27.7 Å². The fourth-order valence-corrected chi connectivity index (χ4v) is 3.87. The van der Waals surface area contributed by atoms with Crippen LogP contribution in [0, 0.1) is 11.8 Å². The third-order valence-electron chi connectivity index (χ3n) is 5.57. The molecule has 2 saturated heterocycles. The van der Waals surface area contributed by atoms with E-state index in [0.717, 1.165) is 6.42 Å². The molecule has 0 saturated carbocycles. The summed E-state index contributed by atoms with van der Waals surface area (Å²) in [5, 5.41) is 0. The normalized spacial score (nSPS) is 26.8. The number of Topliss-reactive ketones (excluding diaryl/α,β-unsaturated/α-hetero) is 1. The fourth-order valence-electron chi connectivity index (χ4n) is 3.87. The Labute approximate surface area is 150 Å². The average molecular weight is 352 g/mol. The SMILES string of the molecule is CCC(C)C(N)C(=O)N1CC(=O)C2C1CCN2C(=O)C(N)CC(C)C. The van der Waals surface area contributed by atoms with E-state index in [2.05, 4.69) is 0 Å². The van der Waals surface area contributed by atoms with Crippen LogP contribution in [0.25, 0.3) is 0 Å². The molecule has 2 heterocycles. The molecule has 2 rings (SSSR count). The van der Waals surface area contributed by atoms with Crippen LogP contribution in [0.1, 0.15) is 47.0 Å². The Morgan fingerprint density at radius 1 is 1.16 bits per heavy atom. The fraction of sp³-hybridized carbons (Fsp3) is 0.833. The molecule has 0 radical (unpaired) electrons. The zero-order valence-electron chi connectivity index (χ0n) is 15.8. The third-order valence-corrected chi connectivity index (χ3v) is 5.57. The molecule has 0 aromatic carbocycles. The average Bonchev–Trinajstić information content (AvgIpc) is 3.13. The van der Waals surface area contributed by atoms with Crippen LogP contribution in [0.15, 0.2) is 0 Å². The lowest BCUT2D eigenvalue weighted by Gasteiger charge is -2.29. The molecule has 2 aliphatic heterocycles. The minimum absolute atomic E-state index is 0.0432. The van der Waals surface area contributed by atoms with Crippen molar-refractivity contribution in [2.75, 3.05) is 13.1 Å². The second-order valence-electron chi connectivity index (χ2n) is 7.91. The van der Waals surface area contributed by atoms with Crippen LogP contribution in [-0.4, -0.2) is 64.7 Å². The van der Waals surface area contributed by atoms with E-state index in [4.69, 9.17) is 11.5 Å². The second kappa shape index (κ2) is 7.83. The maximum Gasteiger partial charge on any atom is 0.240 e. The zero-order valence-corrected chi connectivity index (χ0v) is 15.8. The molecule has 142 valence electrons. The molecule has 2 aliphatic rings. The van der Waals surface area contributed by atoms with Gasteiger partial charge in [0.25, 0.3) is 0 Å². The van der Waals surface area contributed by atoms with Crippen molar-refractivity contribution in [1.29, 1.82) is 0 Å². The summed E-state index contributed by atoms with van der Waals surface area (Å²) in [7, 11) is 0. The molecule has 0 spiro atoms. The van der Waals surface area contributed by atoms with Crippen molar-refractivity contribution in [2.45, 2.75) is 71.1 Å². The number of hydrogen-bond donors (Lipinski definition) is 2. The molecule has 0 aliphatic carbocycles. The maximum absolute atomic E-state index is 12.7. The highest BCUT2D eigenvalue weighted by Gasteiger charge is 2.52. The van der Waals surface area contributed by atoms with Crippen molar-refractivity contribution in [1.82, 2.24) is 9.80 Å². The van der Waals surface area contributed by atoms with Crippen molar-refractivity contribution in [3.8, 4) is 0 Å². The van der Waals surface area contributed by atoms with E-state index in [9.17, 15) is 14.4 Å². The van der Waals surface area contributed by atoms with Crippen molar-refractivity contribution < 1.29 is 14.4 Å². The summed E-state index contributed by atoms with van der Waals surface area (Å²) >= 11 is 0. The van der Waals surface area contributed by atoms with Crippen LogP contribution < -0.4 is 11.5 Å². The molecular weight excluding hydrogens is 320 g/mol. The Kier molecular flexibility index (Phi) is 6.21. The summed E-state index contributed by atoms with van der Waals surface area (Å²) < 4.78 is 0. The number of carbonyl (C=O) groups is 3. The Bertz CT molecular complexity index is 536. The van der Waals surface area contributed by atoms with E-state index in [0.29, 0.717) is 25.3 Å². The number of fused-ring (bicyclic) bond motifs is 1. The number of ketones is 1. The molecule has 2 amide bonds. The van der Waals surface area contributed by atoms with Crippen LogP contribution in [0.3, 0.4) is 0 Å². The van der Waals surface area contributed by atoms with Gasteiger partial charge in [0, 0.05) is 6.54 Å². The Hall–Kier alpha value is -1.47. The zero-order chi connectivity index (χ0) is 18.9. The maximum atomic E-state index is 12.7. The summed E-state index contributed by atoms with van der Waals surface area (Å²) in [5.41, 5.74) is 12.1. The molecule has 5 atom stereocenters. The first kappa shape index (κ1) is 19.8. The van der Waals surface area contributed by atoms with Gasteiger partial charge in [0.05, 0.1) is 24.7 Å². The first-order chi connectivity index (χ1) is 11.7. The molecule has 0 bridgehead atoms. The van der Waals surface area contributed by atoms with E-state index < -0.39 is 18.1 Å². The van der Waals surface area contributed by atoms with Gasteiger partial charge in [0.1, 0.15) is 6.04 Å². The Morgan fingerprint density at radius 2 is 1.80 bits per heavy atom. The van der Waals surface area contributed by atoms with E-state index >= 15 is 0 Å². The van der Waals surface area contributed by atoms with Crippen LogP contribution in [0.5, 0.6) is 0 Å². The molecule has 7 heteroatoms. The minimum atomic E-state index is -0.607.